The Bertz CT molecular complexity index is 600. The molecule has 26 heavy (non-hydrogen) atoms. The lowest BCUT2D eigenvalue weighted by atomic mass is 9.78. The van der Waals surface area contributed by atoms with Crippen LogP contribution < -0.4 is 15.5 Å². The van der Waals surface area contributed by atoms with Gasteiger partial charge in [0, 0.05) is 29.6 Å². The largest absolute Gasteiger partial charge is 0.359 e. The molecule has 2 unspecified atom stereocenters. The average Bonchev–Trinajstić information content (AvgIpc) is 2.63. The minimum Gasteiger partial charge on any atom is -0.359 e. The number of fused-ring (bicyclic) bond motifs is 2. The maximum Gasteiger partial charge on any atom is 0.171 e. The fourth-order valence-electron chi connectivity index (χ4n) is 5.67. The van der Waals surface area contributed by atoms with Gasteiger partial charge in [-0.05, 0) is 81.4 Å². The second-order valence-electron chi connectivity index (χ2n) is 8.43. The minimum atomic E-state index is 0.518. The Morgan fingerprint density at radius 2 is 1.50 bits per heavy atom. The van der Waals surface area contributed by atoms with Gasteiger partial charge in [0.1, 0.15) is 0 Å². The summed E-state index contributed by atoms with van der Waals surface area (Å²) in [6.45, 7) is 0. The van der Waals surface area contributed by atoms with E-state index in [0.717, 1.165) is 33.9 Å². The Balaban J connectivity index is 1.34. The molecule has 1 aliphatic carbocycles. The molecule has 3 fully saturated rings. The SMILES string of the molecule is S=C(Nc1ccc(Cl)cc1)NC1C[C@H]2CCC[C@@H](C1)[NH+]2C1CCCCC1. The predicted octanol–water partition coefficient (Wildman–Crippen LogP) is 3.93. The van der Waals surface area contributed by atoms with Crippen molar-refractivity contribution in [3.05, 3.63) is 29.3 Å². The molecule has 5 heteroatoms. The Labute approximate surface area is 167 Å². The number of piperidine rings is 2. The number of benzene rings is 1. The molecule has 3 aliphatic rings. The second kappa shape index (κ2) is 8.45. The first-order valence-electron chi connectivity index (χ1n) is 10.4. The van der Waals surface area contributed by atoms with Crippen LogP contribution in [0.25, 0.3) is 0 Å². The molecule has 0 radical (unpaired) electrons. The molecule has 0 aromatic heterocycles. The number of halogens is 1. The van der Waals surface area contributed by atoms with E-state index in [4.69, 9.17) is 23.8 Å². The molecule has 3 nitrogen and oxygen atoms in total. The van der Waals surface area contributed by atoms with Crippen molar-refractivity contribution in [1.82, 2.24) is 5.32 Å². The number of hydrogen-bond acceptors (Lipinski definition) is 1. The molecule has 0 spiro atoms. The summed E-state index contributed by atoms with van der Waals surface area (Å²) in [5.74, 6) is 0. The second-order valence-corrected chi connectivity index (χ2v) is 9.28. The molecule has 142 valence electrons. The Morgan fingerprint density at radius 3 is 2.15 bits per heavy atom. The van der Waals surface area contributed by atoms with Gasteiger partial charge in [0.25, 0.3) is 0 Å². The maximum atomic E-state index is 5.96. The van der Waals surface area contributed by atoms with Crippen molar-refractivity contribution in [3.63, 3.8) is 0 Å². The van der Waals surface area contributed by atoms with Gasteiger partial charge >= 0.3 is 0 Å². The van der Waals surface area contributed by atoms with Crippen LogP contribution in [0.3, 0.4) is 0 Å². The molecule has 2 bridgehead atoms. The summed E-state index contributed by atoms with van der Waals surface area (Å²) in [6, 6.07) is 10.8. The summed E-state index contributed by atoms with van der Waals surface area (Å²) in [7, 11) is 0. The van der Waals surface area contributed by atoms with E-state index in [-0.39, 0.29) is 0 Å². The van der Waals surface area contributed by atoms with Crippen LogP contribution in [0.15, 0.2) is 24.3 Å². The zero-order valence-electron chi connectivity index (χ0n) is 15.5. The smallest absolute Gasteiger partial charge is 0.171 e. The van der Waals surface area contributed by atoms with Gasteiger partial charge in [0.2, 0.25) is 0 Å². The fourth-order valence-corrected chi connectivity index (χ4v) is 6.09. The Morgan fingerprint density at radius 1 is 0.885 bits per heavy atom. The molecular formula is C21H31ClN3S+. The first-order valence-corrected chi connectivity index (χ1v) is 11.2. The minimum absolute atomic E-state index is 0.518. The van der Waals surface area contributed by atoms with Gasteiger partial charge in [0.15, 0.2) is 5.11 Å². The third kappa shape index (κ3) is 4.35. The molecule has 2 saturated heterocycles. The van der Waals surface area contributed by atoms with Crippen LogP contribution >= 0.6 is 23.8 Å². The zero-order chi connectivity index (χ0) is 17.9. The third-order valence-electron chi connectivity index (χ3n) is 6.70. The van der Waals surface area contributed by atoms with E-state index in [1.54, 1.807) is 0 Å². The van der Waals surface area contributed by atoms with E-state index < -0.39 is 0 Å². The van der Waals surface area contributed by atoms with Gasteiger partial charge in [-0.25, -0.2) is 0 Å². The van der Waals surface area contributed by atoms with Crippen molar-refractivity contribution in [3.8, 4) is 0 Å². The molecule has 4 rings (SSSR count). The van der Waals surface area contributed by atoms with E-state index >= 15 is 0 Å². The van der Waals surface area contributed by atoms with Crippen molar-refractivity contribution in [2.75, 3.05) is 5.32 Å². The molecular weight excluding hydrogens is 362 g/mol. The molecule has 1 aromatic rings. The van der Waals surface area contributed by atoms with Crippen LogP contribution in [0.1, 0.15) is 64.2 Å². The van der Waals surface area contributed by atoms with Crippen molar-refractivity contribution in [1.29, 1.82) is 0 Å². The van der Waals surface area contributed by atoms with Crippen LogP contribution in [0.5, 0.6) is 0 Å². The van der Waals surface area contributed by atoms with Gasteiger partial charge < -0.3 is 15.5 Å². The van der Waals surface area contributed by atoms with Gasteiger partial charge in [0.05, 0.1) is 18.1 Å². The highest BCUT2D eigenvalue weighted by Crippen LogP contribution is 2.26. The van der Waals surface area contributed by atoms with E-state index in [0.29, 0.717) is 6.04 Å². The topological polar surface area (TPSA) is 28.5 Å². The lowest BCUT2D eigenvalue weighted by Gasteiger charge is -2.50. The highest BCUT2D eigenvalue weighted by Gasteiger charge is 2.45. The van der Waals surface area contributed by atoms with E-state index in [1.807, 2.05) is 29.2 Å². The molecule has 2 heterocycles. The first-order chi connectivity index (χ1) is 12.7. The molecule has 3 N–H and O–H groups in total. The zero-order valence-corrected chi connectivity index (χ0v) is 17.0. The van der Waals surface area contributed by atoms with E-state index in [2.05, 4.69) is 10.6 Å². The van der Waals surface area contributed by atoms with E-state index in [1.165, 1.54) is 64.2 Å². The fraction of sp³-hybridized carbons (Fsp3) is 0.667. The van der Waals surface area contributed by atoms with Crippen LogP contribution in [0.2, 0.25) is 5.02 Å². The van der Waals surface area contributed by atoms with Crippen LogP contribution in [0, 0.1) is 0 Å². The number of quaternary nitrogens is 1. The van der Waals surface area contributed by atoms with Crippen molar-refractivity contribution >= 4 is 34.6 Å². The summed E-state index contributed by atoms with van der Waals surface area (Å²) in [4.78, 5) is 1.96. The normalized spacial score (nSPS) is 32.0. The molecule has 0 amide bonds. The number of nitrogens with one attached hydrogen (secondary N) is 3. The molecule has 2 aliphatic heterocycles. The van der Waals surface area contributed by atoms with Crippen LogP contribution in [-0.4, -0.2) is 29.3 Å². The Hall–Kier alpha value is -0.840. The number of rotatable bonds is 3. The van der Waals surface area contributed by atoms with Crippen molar-refractivity contribution in [2.24, 2.45) is 0 Å². The standard InChI is InChI=1S/C21H30ClN3S/c22-15-9-11-16(12-10-15)23-21(26)24-17-13-19-7-4-8-20(14-17)25(19)18-5-2-1-3-6-18/h9-12,17-20H,1-8,13-14H2,(H2,23,24,26)/p+1/t17?,19-,20+. The monoisotopic (exact) mass is 392 g/mol. The highest BCUT2D eigenvalue weighted by atomic mass is 35.5. The summed E-state index contributed by atoms with van der Waals surface area (Å²) in [6.07, 6.45) is 14.0. The number of thiocarbonyl (C=S) groups is 1. The summed E-state index contributed by atoms with van der Waals surface area (Å²) in [5, 5.41) is 8.42. The van der Waals surface area contributed by atoms with Gasteiger partial charge in [-0.15, -0.1) is 0 Å². The quantitative estimate of drug-likeness (QED) is 0.680. The summed E-state index contributed by atoms with van der Waals surface area (Å²) >= 11 is 11.5. The lowest BCUT2D eigenvalue weighted by molar-refractivity contribution is -0.984. The lowest BCUT2D eigenvalue weighted by Crippen LogP contribution is -3.24. The van der Waals surface area contributed by atoms with Crippen molar-refractivity contribution in [2.45, 2.75) is 88.4 Å². The van der Waals surface area contributed by atoms with Gasteiger partial charge in [-0.3, -0.25) is 0 Å². The number of hydrogen-bond donors (Lipinski definition) is 3. The Kier molecular flexibility index (Phi) is 6.02. The van der Waals surface area contributed by atoms with Crippen LogP contribution in [-0.2, 0) is 0 Å². The van der Waals surface area contributed by atoms with Gasteiger partial charge in [-0.2, -0.15) is 0 Å². The van der Waals surface area contributed by atoms with Gasteiger partial charge in [-0.1, -0.05) is 18.0 Å². The van der Waals surface area contributed by atoms with Crippen LogP contribution in [0.4, 0.5) is 5.69 Å². The maximum absolute atomic E-state index is 5.96. The number of anilines is 1. The molecule has 4 atom stereocenters. The third-order valence-corrected chi connectivity index (χ3v) is 7.17. The van der Waals surface area contributed by atoms with E-state index in [9.17, 15) is 0 Å². The summed E-state index contributed by atoms with van der Waals surface area (Å²) in [5.41, 5.74) is 0.998. The summed E-state index contributed by atoms with van der Waals surface area (Å²) < 4.78 is 0. The first kappa shape index (κ1) is 18.5. The predicted molar refractivity (Wildman–Crippen MR) is 113 cm³/mol. The highest BCUT2D eigenvalue weighted by molar-refractivity contribution is 7.80. The average molecular weight is 393 g/mol. The van der Waals surface area contributed by atoms with Crippen molar-refractivity contribution < 1.29 is 4.90 Å². The molecule has 1 aromatic carbocycles. The molecule has 1 saturated carbocycles.